The van der Waals surface area contributed by atoms with Crippen LogP contribution in [0.4, 0.5) is 5.69 Å². The SMILES string of the molecule is CC(=O)Cc1cc(C#N)ccc1N. The van der Waals surface area contributed by atoms with Gasteiger partial charge < -0.3 is 5.73 Å². The molecule has 3 heteroatoms. The lowest BCUT2D eigenvalue weighted by Gasteiger charge is -2.02. The highest BCUT2D eigenvalue weighted by atomic mass is 16.1. The van der Waals surface area contributed by atoms with Crippen molar-refractivity contribution in [1.82, 2.24) is 0 Å². The summed E-state index contributed by atoms with van der Waals surface area (Å²) in [6, 6.07) is 6.94. The van der Waals surface area contributed by atoms with Crippen molar-refractivity contribution in [2.24, 2.45) is 0 Å². The third-order valence-electron chi connectivity index (χ3n) is 1.71. The third-order valence-corrected chi connectivity index (χ3v) is 1.71. The molecule has 0 saturated carbocycles. The molecule has 13 heavy (non-hydrogen) atoms. The normalized spacial score (nSPS) is 9.23. The molecule has 0 fully saturated rings. The Kier molecular flexibility index (Phi) is 2.65. The number of Topliss-reactive ketones (excluding diaryl/α,β-unsaturated/α-hetero) is 1. The number of nitrogens with two attached hydrogens (primary N) is 1. The smallest absolute Gasteiger partial charge is 0.134 e. The van der Waals surface area contributed by atoms with Gasteiger partial charge in [-0.1, -0.05) is 0 Å². The number of hydrogen-bond acceptors (Lipinski definition) is 3. The maximum Gasteiger partial charge on any atom is 0.134 e. The minimum absolute atomic E-state index is 0.0433. The van der Waals surface area contributed by atoms with Crippen molar-refractivity contribution in [3.8, 4) is 6.07 Å². The molecule has 66 valence electrons. The van der Waals surface area contributed by atoms with E-state index in [2.05, 4.69) is 0 Å². The molecule has 0 aromatic heterocycles. The fraction of sp³-hybridized carbons (Fsp3) is 0.200. The average Bonchev–Trinajstić information content (AvgIpc) is 2.08. The zero-order valence-corrected chi connectivity index (χ0v) is 7.37. The molecule has 3 nitrogen and oxygen atoms in total. The quantitative estimate of drug-likeness (QED) is 0.686. The number of anilines is 1. The molecule has 2 N–H and O–H groups in total. The first-order chi connectivity index (χ1) is 6.13. The van der Waals surface area contributed by atoms with E-state index in [1.54, 1.807) is 18.2 Å². The van der Waals surface area contributed by atoms with E-state index in [9.17, 15) is 4.79 Å². The molecular formula is C10H10N2O. The van der Waals surface area contributed by atoms with Gasteiger partial charge in [0.15, 0.2) is 0 Å². The summed E-state index contributed by atoms with van der Waals surface area (Å²) in [5.74, 6) is 0.0433. The first kappa shape index (κ1) is 9.27. The van der Waals surface area contributed by atoms with E-state index in [0.717, 1.165) is 5.56 Å². The molecule has 0 saturated heterocycles. The summed E-state index contributed by atoms with van der Waals surface area (Å²) in [5, 5.41) is 8.61. The lowest BCUT2D eigenvalue weighted by Crippen LogP contribution is -2.01. The van der Waals surface area contributed by atoms with Crippen LogP contribution in [0.3, 0.4) is 0 Å². The van der Waals surface area contributed by atoms with Gasteiger partial charge in [-0.2, -0.15) is 5.26 Å². The Labute approximate surface area is 76.8 Å². The number of nitrogen functional groups attached to an aromatic ring is 1. The van der Waals surface area contributed by atoms with E-state index in [0.29, 0.717) is 17.7 Å². The second-order valence-corrected chi connectivity index (χ2v) is 2.90. The zero-order valence-electron chi connectivity index (χ0n) is 7.37. The molecule has 0 atom stereocenters. The number of nitriles is 1. The van der Waals surface area contributed by atoms with Crippen molar-refractivity contribution < 1.29 is 4.79 Å². The van der Waals surface area contributed by atoms with Crippen LogP contribution < -0.4 is 5.73 Å². The maximum atomic E-state index is 10.8. The molecule has 0 bridgehead atoms. The lowest BCUT2D eigenvalue weighted by atomic mass is 10.0. The summed E-state index contributed by atoms with van der Waals surface area (Å²) >= 11 is 0. The van der Waals surface area contributed by atoms with Crippen LogP contribution in [0.1, 0.15) is 18.1 Å². The van der Waals surface area contributed by atoms with Crippen molar-refractivity contribution in [1.29, 1.82) is 5.26 Å². The number of rotatable bonds is 2. The van der Waals surface area contributed by atoms with Gasteiger partial charge in [0.25, 0.3) is 0 Å². The summed E-state index contributed by atoms with van der Waals surface area (Å²) in [7, 11) is 0. The molecule has 1 aromatic rings. The first-order valence-corrected chi connectivity index (χ1v) is 3.91. The second-order valence-electron chi connectivity index (χ2n) is 2.90. The van der Waals surface area contributed by atoms with Crippen molar-refractivity contribution >= 4 is 11.5 Å². The van der Waals surface area contributed by atoms with Gasteiger partial charge in [-0.25, -0.2) is 0 Å². The van der Waals surface area contributed by atoms with Crippen molar-refractivity contribution in [3.05, 3.63) is 29.3 Å². The fourth-order valence-corrected chi connectivity index (χ4v) is 1.10. The van der Waals surface area contributed by atoms with Gasteiger partial charge in [0.05, 0.1) is 11.6 Å². The van der Waals surface area contributed by atoms with Gasteiger partial charge >= 0.3 is 0 Å². The summed E-state index contributed by atoms with van der Waals surface area (Å²) in [4.78, 5) is 10.8. The van der Waals surface area contributed by atoms with Crippen molar-refractivity contribution in [2.45, 2.75) is 13.3 Å². The van der Waals surface area contributed by atoms with Gasteiger partial charge in [-0.05, 0) is 30.7 Å². The summed E-state index contributed by atoms with van der Waals surface area (Å²) < 4.78 is 0. The minimum atomic E-state index is 0.0433. The van der Waals surface area contributed by atoms with Crippen LogP contribution in [-0.4, -0.2) is 5.78 Å². The Morgan fingerprint density at radius 3 is 2.85 bits per heavy atom. The molecule has 0 unspecified atom stereocenters. The van der Waals surface area contributed by atoms with E-state index >= 15 is 0 Å². The van der Waals surface area contributed by atoms with Gasteiger partial charge in [0.1, 0.15) is 5.78 Å². The van der Waals surface area contributed by atoms with Crippen LogP contribution in [0.15, 0.2) is 18.2 Å². The van der Waals surface area contributed by atoms with Gasteiger partial charge in [0, 0.05) is 12.1 Å². The molecule has 1 aromatic carbocycles. The van der Waals surface area contributed by atoms with E-state index in [1.807, 2.05) is 6.07 Å². The van der Waals surface area contributed by atoms with E-state index in [1.165, 1.54) is 6.92 Å². The first-order valence-electron chi connectivity index (χ1n) is 3.91. The zero-order chi connectivity index (χ0) is 9.84. The Bertz CT molecular complexity index is 377. The fourth-order valence-electron chi connectivity index (χ4n) is 1.10. The van der Waals surface area contributed by atoms with Gasteiger partial charge in [-0.15, -0.1) is 0 Å². The van der Waals surface area contributed by atoms with E-state index in [4.69, 9.17) is 11.0 Å². The number of ketones is 1. The van der Waals surface area contributed by atoms with E-state index in [-0.39, 0.29) is 5.78 Å². The maximum absolute atomic E-state index is 10.8. The van der Waals surface area contributed by atoms with Crippen LogP contribution >= 0.6 is 0 Å². The van der Waals surface area contributed by atoms with Crippen LogP contribution in [0.25, 0.3) is 0 Å². The summed E-state index contributed by atoms with van der Waals surface area (Å²) in [5.41, 5.74) is 7.46. The highest BCUT2D eigenvalue weighted by Crippen LogP contribution is 2.14. The van der Waals surface area contributed by atoms with Crippen molar-refractivity contribution in [3.63, 3.8) is 0 Å². The molecule has 0 amide bonds. The molecule has 0 heterocycles. The molecule has 0 radical (unpaired) electrons. The van der Waals surface area contributed by atoms with Crippen LogP contribution in [0.2, 0.25) is 0 Å². The number of benzene rings is 1. The lowest BCUT2D eigenvalue weighted by molar-refractivity contribution is -0.116. The Morgan fingerprint density at radius 2 is 2.31 bits per heavy atom. The standard InChI is InChI=1S/C10H10N2O/c1-7(13)4-9-5-8(6-11)2-3-10(9)12/h2-3,5H,4,12H2,1H3. The topological polar surface area (TPSA) is 66.9 Å². The monoisotopic (exact) mass is 174 g/mol. The largest absolute Gasteiger partial charge is 0.398 e. The van der Waals surface area contributed by atoms with Gasteiger partial charge in [-0.3, -0.25) is 4.79 Å². The predicted molar refractivity (Wildman–Crippen MR) is 50.0 cm³/mol. The van der Waals surface area contributed by atoms with Crippen LogP contribution in [0, 0.1) is 11.3 Å². The van der Waals surface area contributed by atoms with E-state index < -0.39 is 0 Å². The third kappa shape index (κ3) is 2.31. The number of carbonyl (C=O) groups is 1. The number of hydrogen-bond donors (Lipinski definition) is 1. The molecule has 0 spiro atoms. The molecule has 1 rings (SSSR count). The average molecular weight is 174 g/mol. The highest BCUT2D eigenvalue weighted by molar-refractivity contribution is 5.80. The minimum Gasteiger partial charge on any atom is -0.398 e. The summed E-state index contributed by atoms with van der Waals surface area (Å²) in [6.45, 7) is 1.50. The molecule has 0 aliphatic carbocycles. The van der Waals surface area contributed by atoms with Crippen LogP contribution in [-0.2, 0) is 11.2 Å². The molecule has 0 aliphatic heterocycles. The molecule has 0 aliphatic rings. The van der Waals surface area contributed by atoms with Crippen LogP contribution in [0.5, 0.6) is 0 Å². The Hall–Kier alpha value is -1.82. The Balaban J connectivity index is 3.05. The Morgan fingerprint density at radius 1 is 1.62 bits per heavy atom. The van der Waals surface area contributed by atoms with Gasteiger partial charge in [0.2, 0.25) is 0 Å². The highest BCUT2D eigenvalue weighted by Gasteiger charge is 2.03. The second kappa shape index (κ2) is 3.72. The number of nitrogens with zero attached hydrogens (tertiary/aromatic N) is 1. The number of carbonyl (C=O) groups excluding carboxylic acids is 1. The predicted octanol–water partition coefficient (Wildman–Crippen LogP) is 1.27. The molecular weight excluding hydrogens is 164 g/mol. The van der Waals surface area contributed by atoms with Crippen molar-refractivity contribution in [2.75, 3.05) is 5.73 Å². The summed E-state index contributed by atoms with van der Waals surface area (Å²) in [6.07, 6.45) is 0.293.